The number of anilines is 2. The predicted molar refractivity (Wildman–Crippen MR) is 147 cm³/mol. The van der Waals surface area contributed by atoms with Gasteiger partial charge in [0.25, 0.3) is 0 Å². The number of rotatable bonds is 8. The lowest BCUT2D eigenvalue weighted by Crippen LogP contribution is -2.22. The summed E-state index contributed by atoms with van der Waals surface area (Å²) in [6, 6.07) is 22.4. The van der Waals surface area contributed by atoms with Gasteiger partial charge in [-0.1, -0.05) is 44.3 Å². The van der Waals surface area contributed by atoms with E-state index in [0.717, 1.165) is 29.2 Å². The normalized spacial score (nSPS) is 10.8. The number of carbonyl (C=O) groups excluding carboxylic acids is 1. The van der Waals surface area contributed by atoms with Gasteiger partial charge in [-0.2, -0.15) is 5.10 Å². The quantitative estimate of drug-likeness (QED) is 0.0980. The molecule has 0 N–H and O–H groups in total. The number of terminal acetylenes is 1. The molecule has 2 aromatic carbocycles. The first kappa shape index (κ1) is 26.7. The lowest BCUT2D eigenvalue weighted by atomic mass is 10.1. The van der Waals surface area contributed by atoms with Gasteiger partial charge in [0.2, 0.25) is 0 Å². The SMILES string of the molecule is C#CN(c1ccc2cnn(COCC[Si](C)(C)C)c2c1)c1ccccc1C(=O)OC.c1ccncc1. The highest BCUT2D eigenvalue weighted by Gasteiger charge is 2.18. The zero-order valence-electron chi connectivity index (χ0n) is 21.2. The summed E-state index contributed by atoms with van der Waals surface area (Å²) in [5, 5.41) is 5.44. The van der Waals surface area contributed by atoms with Gasteiger partial charge in [0.15, 0.2) is 0 Å². The molecule has 8 heteroatoms. The van der Waals surface area contributed by atoms with Crippen LogP contribution < -0.4 is 4.90 Å². The lowest BCUT2D eigenvalue weighted by Gasteiger charge is -2.20. The zero-order valence-corrected chi connectivity index (χ0v) is 22.2. The Morgan fingerprint density at radius 3 is 2.44 bits per heavy atom. The fraction of sp³-hybridized carbons (Fsp3) is 0.250. The van der Waals surface area contributed by atoms with Crippen molar-refractivity contribution in [1.82, 2.24) is 14.8 Å². The lowest BCUT2D eigenvalue weighted by molar-refractivity contribution is 0.0601. The van der Waals surface area contributed by atoms with Crippen LogP contribution in [0.5, 0.6) is 0 Å². The minimum atomic E-state index is -1.14. The number of fused-ring (bicyclic) bond motifs is 1. The van der Waals surface area contributed by atoms with Crippen LogP contribution in [0, 0.1) is 12.5 Å². The molecule has 4 aromatic rings. The van der Waals surface area contributed by atoms with E-state index in [9.17, 15) is 4.79 Å². The maximum atomic E-state index is 12.2. The van der Waals surface area contributed by atoms with Crippen molar-refractivity contribution in [1.29, 1.82) is 0 Å². The number of para-hydroxylation sites is 1. The molecule has 0 saturated heterocycles. The van der Waals surface area contributed by atoms with Gasteiger partial charge in [0, 0.05) is 38.5 Å². The van der Waals surface area contributed by atoms with Crippen LogP contribution in [0.25, 0.3) is 10.9 Å². The number of benzene rings is 2. The van der Waals surface area contributed by atoms with E-state index in [2.05, 4.69) is 35.8 Å². The summed E-state index contributed by atoms with van der Waals surface area (Å²) in [6.45, 7) is 8.08. The molecule has 0 atom stereocenters. The predicted octanol–water partition coefficient (Wildman–Crippen LogP) is 5.95. The third kappa shape index (κ3) is 7.28. The number of methoxy groups -OCH3 is 1. The van der Waals surface area contributed by atoms with E-state index < -0.39 is 14.0 Å². The van der Waals surface area contributed by atoms with Crippen molar-refractivity contribution in [3.8, 4) is 12.5 Å². The van der Waals surface area contributed by atoms with Crippen molar-refractivity contribution in [2.45, 2.75) is 32.4 Å². The molecular weight excluding hydrogens is 468 g/mol. The number of aromatic nitrogens is 3. The topological polar surface area (TPSA) is 69.5 Å². The average molecular weight is 501 g/mol. The van der Waals surface area contributed by atoms with Crippen molar-refractivity contribution >= 4 is 36.3 Å². The van der Waals surface area contributed by atoms with E-state index in [-0.39, 0.29) is 0 Å². The zero-order chi connectivity index (χ0) is 26.0. The molecule has 36 heavy (non-hydrogen) atoms. The van der Waals surface area contributed by atoms with E-state index >= 15 is 0 Å². The molecule has 0 unspecified atom stereocenters. The van der Waals surface area contributed by atoms with Gasteiger partial charge >= 0.3 is 5.97 Å². The molecule has 0 spiro atoms. The Labute approximate surface area is 213 Å². The first-order valence-electron chi connectivity index (χ1n) is 11.7. The Balaban J connectivity index is 0.000000526. The second-order valence-corrected chi connectivity index (χ2v) is 14.9. The van der Waals surface area contributed by atoms with E-state index in [1.54, 1.807) is 35.5 Å². The number of ether oxygens (including phenoxy) is 2. The van der Waals surface area contributed by atoms with Crippen LogP contribution in [0.1, 0.15) is 10.4 Å². The van der Waals surface area contributed by atoms with Gasteiger partial charge in [-0.15, -0.1) is 0 Å². The molecule has 0 amide bonds. The maximum Gasteiger partial charge on any atom is 0.340 e. The van der Waals surface area contributed by atoms with Gasteiger partial charge in [0.1, 0.15) is 6.73 Å². The molecule has 2 heterocycles. The monoisotopic (exact) mass is 500 g/mol. The first-order chi connectivity index (χ1) is 17.3. The maximum absolute atomic E-state index is 12.2. The minimum Gasteiger partial charge on any atom is -0.465 e. The highest BCUT2D eigenvalue weighted by molar-refractivity contribution is 6.76. The fourth-order valence-electron chi connectivity index (χ4n) is 3.38. The molecular formula is C28H32N4O3Si. The van der Waals surface area contributed by atoms with Gasteiger partial charge in [-0.25, -0.2) is 9.48 Å². The molecule has 0 fully saturated rings. The third-order valence-corrected chi connectivity index (χ3v) is 7.05. The second kappa shape index (κ2) is 12.7. The summed E-state index contributed by atoms with van der Waals surface area (Å²) in [7, 11) is 0.215. The molecule has 186 valence electrons. The fourth-order valence-corrected chi connectivity index (χ4v) is 4.13. The van der Waals surface area contributed by atoms with E-state index in [0.29, 0.717) is 18.0 Å². The average Bonchev–Trinajstić information content (AvgIpc) is 3.30. The largest absolute Gasteiger partial charge is 0.465 e. The number of nitrogens with zero attached hydrogens (tertiary/aromatic N) is 4. The summed E-state index contributed by atoms with van der Waals surface area (Å²) >= 11 is 0. The number of esters is 1. The highest BCUT2D eigenvalue weighted by Crippen LogP contribution is 2.31. The first-order valence-corrected chi connectivity index (χ1v) is 15.4. The molecule has 0 radical (unpaired) electrons. The highest BCUT2D eigenvalue weighted by atomic mass is 28.3. The number of carbonyl (C=O) groups is 1. The van der Waals surface area contributed by atoms with Gasteiger partial charge in [0.05, 0.1) is 35.8 Å². The van der Waals surface area contributed by atoms with E-state index in [1.165, 1.54) is 7.11 Å². The van der Waals surface area contributed by atoms with E-state index in [4.69, 9.17) is 15.9 Å². The molecule has 0 aliphatic carbocycles. The Kier molecular flexibility index (Phi) is 9.39. The number of hydrogen-bond acceptors (Lipinski definition) is 6. The summed E-state index contributed by atoms with van der Waals surface area (Å²) in [5.74, 6) is -0.437. The molecule has 0 saturated carbocycles. The van der Waals surface area contributed by atoms with Crippen LogP contribution in [0.15, 0.2) is 79.3 Å². The van der Waals surface area contributed by atoms with Gasteiger partial charge in [-0.3, -0.25) is 9.88 Å². The van der Waals surface area contributed by atoms with Crippen LogP contribution in [-0.4, -0.2) is 42.5 Å². The molecule has 4 rings (SSSR count). The van der Waals surface area contributed by atoms with Gasteiger partial charge in [-0.05, 0) is 48.5 Å². The van der Waals surface area contributed by atoms with Crippen molar-refractivity contribution < 1.29 is 14.3 Å². The van der Waals surface area contributed by atoms with Crippen LogP contribution in [0.2, 0.25) is 25.7 Å². The van der Waals surface area contributed by atoms with Crippen molar-refractivity contribution in [2.24, 2.45) is 0 Å². The molecule has 0 aliphatic heterocycles. The van der Waals surface area contributed by atoms with Crippen molar-refractivity contribution in [2.75, 3.05) is 18.6 Å². The summed E-state index contributed by atoms with van der Waals surface area (Å²) < 4.78 is 12.6. The van der Waals surface area contributed by atoms with Crippen LogP contribution >= 0.6 is 0 Å². The van der Waals surface area contributed by atoms with Crippen molar-refractivity contribution in [3.63, 3.8) is 0 Å². The molecule has 2 aromatic heterocycles. The van der Waals surface area contributed by atoms with Crippen LogP contribution in [0.4, 0.5) is 11.4 Å². The summed E-state index contributed by atoms with van der Waals surface area (Å²) in [5.41, 5.74) is 2.66. The van der Waals surface area contributed by atoms with E-state index in [1.807, 2.05) is 53.3 Å². The minimum absolute atomic E-state index is 0.381. The van der Waals surface area contributed by atoms with Crippen LogP contribution in [-0.2, 0) is 16.2 Å². The Morgan fingerprint density at radius 2 is 1.83 bits per heavy atom. The smallest absolute Gasteiger partial charge is 0.340 e. The van der Waals surface area contributed by atoms with Crippen molar-refractivity contribution in [3.05, 3.63) is 84.8 Å². The summed E-state index contributed by atoms with van der Waals surface area (Å²) in [6.07, 6.45) is 11.1. The molecule has 0 aliphatic rings. The number of pyridine rings is 1. The standard InChI is InChI=1S/C23H27N3O3Si.C5H5N/c1-6-25(21-10-8-7-9-20(21)23(27)28-2)19-12-11-18-16-24-26(22(18)15-19)17-29-13-14-30(3,4)5;1-2-4-6-5-3-1/h1,7-12,15-16H,13-14,17H2,2-5H3;1-5H. The number of hydrogen-bond donors (Lipinski definition) is 0. The Morgan fingerprint density at radius 1 is 1.08 bits per heavy atom. The molecule has 7 nitrogen and oxygen atoms in total. The second-order valence-electron chi connectivity index (χ2n) is 9.23. The Hall–Kier alpha value is -3.93. The summed E-state index contributed by atoms with van der Waals surface area (Å²) in [4.78, 5) is 17.6. The van der Waals surface area contributed by atoms with Gasteiger partial charge < -0.3 is 9.47 Å². The third-order valence-electron chi connectivity index (χ3n) is 5.34. The van der Waals surface area contributed by atoms with Crippen LogP contribution in [0.3, 0.4) is 0 Å². The Bertz CT molecular complexity index is 1280. The molecule has 0 bridgehead atoms.